The average Bonchev–Trinajstić information content (AvgIpc) is 3.08. The largest absolute Gasteiger partial charge is 0.356 e. The standard InChI is InChI=1S/C17H17N5/c1-12-20-16-8-13(14-9-18-11-19-10-14)4-5-15(16)17(21-12)22-6-2-3-7-22/h4-5,8-11H,2-3,6-7H2,1H3. The highest BCUT2D eigenvalue weighted by atomic mass is 15.2. The maximum atomic E-state index is 4.68. The average molecular weight is 291 g/mol. The first-order valence-electron chi connectivity index (χ1n) is 7.60. The molecule has 3 heterocycles. The Morgan fingerprint density at radius 2 is 1.73 bits per heavy atom. The number of rotatable bonds is 2. The van der Waals surface area contributed by atoms with E-state index in [1.165, 1.54) is 12.8 Å². The highest BCUT2D eigenvalue weighted by molar-refractivity contribution is 5.92. The van der Waals surface area contributed by atoms with Crippen LogP contribution >= 0.6 is 0 Å². The molecule has 0 spiro atoms. The molecule has 1 saturated heterocycles. The van der Waals surface area contributed by atoms with Crippen molar-refractivity contribution in [2.45, 2.75) is 19.8 Å². The molecule has 1 aliphatic rings. The van der Waals surface area contributed by atoms with Gasteiger partial charge in [0.2, 0.25) is 0 Å². The number of benzene rings is 1. The molecule has 0 N–H and O–H groups in total. The Balaban J connectivity index is 1.86. The van der Waals surface area contributed by atoms with Crippen LogP contribution in [0.25, 0.3) is 22.0 Å². The van der Waals surface area contributed by atoms with Crippen LogP contribution in [0, 0.1) is 6.92 Å². The van der Waals surface area contributed by atoms with Gasteiger partial charge in [0, 0.05) is 36.4 Å². The molecular weight excluding hydrogens is 274 g/mol. The second-order valence-corrected chi connectivity index (χ2v) is 5.65. The van der Waals surface area contributed by atoms with E-state index in [2.05, 4.69) is 43.0 Å². The van der Waals surface area contributed by atoms with Crippen molar-refractivity contribution >= 4 is 16.7 Å². The van der Waals surface area contributed by atoms with E-state index < -0.39 is 0 Å². The first kappa shape index (κ1) is 13.1. The van der Waals surface area contributed by atoms with Crippen LogP contribution in [0.3, 0.4) is 0 Å². The summed E-state index contributed by atoms with van der Waals surface area (Å²) in [5.41, 5.74) is 3.07. The molecule has 1 aromatic carbocycles. The topological polar surface area (TPSA) is 54.8 Å². The molecule has 0 saturated carbocycles. The molecule has 5 heteroatoms. The van der Waals surface area contributed by atoms with E-state index in [-0.39, 0.29) is 0 Å². The third-order valence-electron chi connectivity index (χ3n) is 4.09. The van der Waals surface area contributed by atoms with E-state index in [9.17, 15) is 0 Å². The Hall–Kier alpha value is -2.56. The summed E-state index contributed by atoms with van der Waals surface area (Å²) in [6.45, 7) is 4.12. The van der Waals surface area contributed by atoms with Gasteiger partial charge in [0.05, 0.1) is 5.52 Å². The molecule has 0 atom stereocenters. The molecule has 0 radical (unpaired) electrons. The summed E-state index contributed by atoms with van der Waals surface area (Å²) in [6.07, 6.45) is 7.67. The van der Waals surface area contributed by atoms with Crippen LogP contribution in [-0.4, -0.2) is 33.0 Å². The summed E-state index contributed by atoms with van der Waals surface area (Å²) in [4.78, 5) is 19.8. The van der Waals surface area contributed by atoms with Crippen LogP contribution in [0.15, 0.2) is 36.9 Å². The second-order valence-electron chi connectivity index (χ2n) is 5.65. The van der Waals surface area contributed by atoms with Crippen molar-refractivity contribution in [3.63, 3.8) is 0 Å². The first-order valence-corrected chi connectivity index (χ1v) is 7.60. The molecule has 0 aliphatic carbocycles. The number of aryl methyl sites for hydroxylation is 1. The predicted molar refractivity (Wildman–Crippen MR) is 86.7 cm³/mol. The Labute approximate surface area is 129 Å². The fourth-order valence-corrected chi connectivity index (χ4v) is 3.02. The lowest BCUT2D eigenvalue weighted by molar-refractivity contribution is 0.925. The number of hydrogen-bond donors (Lipinski definition) is 0. The molecule has 1 fully saturated rings. The molecule has 0 unspecified atom stereocenters. The van der Waals surface area contributed by atoms with Crippen LogP contribution in [0.1, 0.15) is 18.7 Å². The third kappa shape index (κ3) is 2.28. The monoisotopic (exact) mass is 291 g/mol. The first-order chi connectivity index (χ1) is 10.8. The van der Waals surface area contributed by atoms with Gasteiger partial charge < -0.3 is 4.90 Å². The van der Waals surface area contributed by atoms with Crippen molar-refractivity contribution in [1.29, 1.82) is 0 Å². The molecule has 110 valence electrons. The highest BCUT2D eigenvalue weighted by Crippen LogP contribution is 2.29. The van der Waals surface area contributed by atoms with Crippen LogP contribution in [0.2, 0.25) is 0 Å². The predicted octanol–water partition coefficient (Wildman–Crippen LogP) is 3.00. The highest BCUT2D eigenvalue weighted by Gasteiger charge is 2.17. The number of fused-ring (bicyclic) bond motifs is 1. The number of aromatic nitrogens is 4. The van der Waals surface area contributed by atoms with Gasteiger partial charge in [-0.05, 0) is 37.5 Å². The van der Waals surface area contributed by atoms with Gasteiger partial charge in [-0.3, -0.25) is 0 Å². The lowest BCUT2D eigenvalue weighted by Crippen LogP contribution is -2.20. The lowest BCUT2D eigenvalue weighted by Gasteiger charge is -2.19. The lowest BCUT2D eigenvalue weighted by atomic mass is 10.1. The van der Waals surface area contributed by atoms with E-state index in [0.717, 1.165) is 46.8 Å². The van der Waals surface area contributed by atoms with Crippen molar-refractivity contribution in [3.8, 4) is 11.1 Å². The minimum atomic E-state index is 0.816. The minimum Gasteiger partial charge on any atom is -0.356 e. The Morgan fingerprint density at radius 3 is 2.50 bits per heavy atom. The summed E-state index contributed by atoms with van der Waals surface area (Å²) >= 11 is 0. The van der Waals surface area contributed by atoms with Gasteiger partial charge in [0.15, 0.2) is 0 Å². The van der Waals surface area contributed by atoms with Crippen molar-refractivity contribution in [2.75, 3.05) is 18.0 Å². The SMILES string of the molecule is Cc1nc(N2CCCC2)c2ccc(-c3cncnc3)cc2n1. The summed E-state index contributed by atoms with van der Waals surface area (Å²) in [7, 11) is 0. The maximum Gasteiger partial charge on any atom is 0.140 e. The quantitative estimate of drug-likeness (QED) is 0.726. The fraction of sp³-hybridized carbons (Fsp3) is 0.294. The Morgan fingerprint density at radius 1 is 0.955 bits per heavy atom. The summed E-state index contributed by atoms with van der Waals surface area (Å²) in [5.74, 6) is 1.88. The maximum absolute atomic E-state index is 4.68. The molecule has 2 aromatic heterocycles. The Kier molecular flexibility index (Phi) is 3.18. The van der Waals surface area contributed by atoms with E-state index in [4.69, 9.17) is 0 Å². The van der Waals surface area contributed by atoms with Gasteiger partial charge in [-0.2, -0.15) is 0 Å². The van der Waals surface area contributed by atoms with Crippen molar-refractivity contribution in [2.24, 2.45) is 0 Å². The van der Waals surface area contributed by atoms with Crippen molar-refractivity contribution in [1.82, 2.24) is 19.9 Å². The van der Waals surface area contributed by atoms with Gasteiger partial charge >= 0.3 is 0 Å². The molecule has 1 aliphatic heterocycles. The van der Waals surface area contributed by atoms with E-state index in [1.807, 2.05) is 19.3 Å². The van der Waals surface area contributed by atoms with Crippen LogP contribution < -0.4 is 4.90 Å². The van der Waals surface area contributed by atoms with Crippen molar-refractivity contribution in [3.05, 3.63) is 42.7 Å². The van der Waals surface area contributed by atoms with E-state index >= 15 is 0 Å². The van der Waals surface area contributed by atoms with Gasteiger partial charge in [0.1, 0.15) is 18.0 Å². The van der Waals surface area contributed by atoms with E-state index in [0.29, 0.717) is 0 Å². The molecule has 0 bridgehead atoms. The Bertz CT molecular complexity index is 810. The van der Waals surface area contributed by atoms with Crippen molar-refractivity contribution < 1.29 is 0 Å². The molecule has 4 rings (SSSR count). The van der Waals surface area contributed by atoms with Gasteiger partial charge in [-0.1, -0.05) is 6.07 Å². The normalized spacial score (nSPS) is 14.7. The summed E-state index contributed by atoms with van der Waals surface area (Å²) in [6, 6.07) is 6.31. The van der Waals surface area contributed by atoms with Gasteiger partial charge in [-0.25, -0.2) is 19.9 Å². The second kappa shape index (κ2) is 5.33. The number of anilines is 1. The zero-order valence-corrected chi connectivity index (χ0v) is 12.5. The van der Waals surface area contributed by atoms with Crippen LogP contribution in [0.4, 0.5) is 5.82 Å². The van der Waals surface area contributed by atoms with Crippen LogP contribution in [0.5, 0.6) is 0 Å². The molecule has 3 aromatic rings. The minimum absolute atomic E-state index is 0.816. The van der Waals surface area contributed by atoms with Gasteiger partial charge in [0.25, 0.3) is 0 Å². The molecular formula is C17H17N5. The molecule has 22 heavy (non-hydrogen) atoms. The number of nitrogens with zero attached hydrogens (tertiary/aromatic N) is 5. The molecule has 0 amide bonds. The summed E-state index contributed by atoms with van der Waals surface area (Å²) < 4.78 is 0. The summed E-state index contributed by atoms with van der Waals surface area (Å²) in [5, 5.41) is 1.12. The van der Waals surface area contributed by atoms with Gasteiger partial charge in [-0.15, -0.1) is 0 Å². The third-order valence-corrected chi connectivity index (χ3v) is 4.09. The van der Waals surface area contributed by atoms with Crippen LogP contribution in [-0.2, 0) is 0 Å². The fourth-order valence-electron chi connectivity index (χ4n) is 3.02. The zero-order valence-electron chi connectivity index (χ0n) is 12.5. The smallest absolute Gasteiger partial charge is 0.140 e. The zero-order chi connectivity index (χ0) is 14.9. The molecule has 5 nitrogen and oxygen atoms in total. The number of hydrogen-bond acceptors (Lipinski definition) is 5. The van der Waals surface area contributed by atoms with E-state index in [1.54, 1.807) is 6.33 Å².